The number of amides is 2. The van der Waals surface area contributed by atoms with E-state index in [2.05, 4.69) is 4.98 Å². The second-order valence-electron chi connectivity index (χ2n) is 4.34. The molecular weight excluding hydrogens is 299 g/mol. The topological polar surface area (TPSA) is 50.3 Å². The molecule has 100 valence electrons. The summed E-state index contributed by atoms with van der Waals surface area (Å²) in [7, 11) is 0. The van der Waals surface area contributed by atoms with Crippen molar-refractivity contribution in [2.24, 2.45) is 0 Å². The molecule has 1 aromatic heterocycles. The van der Waals surface area contributed by atoms with Crippen molar-refractivity contribution in [1.29, 1.82) is 0 Å². The maximum absolute atomic E-state index is 12.2. The van der Waals surface area contributed by atoms with Crippen LogP contribution in [0.1, 0.15) is 26.4 Å². The zero-order valence-corrected chi connectivity index (χ0v) is 11.6. The lowest BCUT2D eigenvalue weighted by Crippen LogP contribution is -2.29. The van der Waals surface area contributed by atoms with Crippen molar-refractivity contribution >= 4 is 35.0 Å². The number of fused-ring (bicyclic) bond motifs is 1. The van der Waals surface area contributed by atoms with Gasteiger partial charge in [0.05, 0.1) is 23.4 Å². The van der Waals surface area contributed by atoms with E-state index in [4.69, 9.17) is 23.2 Å². The zero-order valence-electron chi connectivity index (χ0n) is 10.1. The summed E-state index contributed by atoms with van der Waals surface area (Å²) >= 11 is 11.7. The van der Waals surface area contributed by atoms with E-state index in [0.717, 1.165) is 4.90 Å². The molecule has 20 heavy (non-hydrogen) atoms. The number of carbonyl (C=O) groups is 2. The average Bonchev–Trinajstić information content (AvgIpc) is 2.64. The van der Waals surface area contributed by atoms with E-state index in [0.29, 0.717) is 21.8 Å². The van der Waals surface area contributed by atoms with E-state index in [9.17, 15) is 9.59 Å². The molecule has 2 heterocycles. The van der Waals surface area contributed by atoms with Crippen molar-refractivity contribution in [3.05, 3.63) is 63.4 Å². The summed E-state index contributed by atoms with van der Waals surface area (Å²) in [5.74, 6) is -0.660. The smallest absolute Gasteiger partial charge is 0.261 e. The minimum Gasteiger partial charge on any atom is -0.269 e. The lowest BCUT2D eigenvalue weighted by atomic mass is 10.1. The molecule has 0 unspecified atom stereocenters. The molecule has 4 nitrogen and oxygen atoms in total. The highest BCUT2D eigenvalue weighted by atomic mass is 35.5. The van der Waals surface area contributed by atoms with Gasteiger partial charge in [-0.3, -0.25) is 14.5 Å². The fourth-order valence-electron chi connectivity index (χ4n) is 2.14. The van der Waals surface area contributed by atoms with Crippen LogP contribution >= 0.6 is 23.2 Å². The number of pyridine rings is 1. The number of hydrogen-bond acceptors (Lipinski definition) is 3. The summed E-state index contributed by atoms with van der Waals surface area (Å²) in [6, 6.07) is 9.79. The van der Waals surface area contributed by atoms with Crippen LogP contribution in [0.5, 0.6) is 0 Å². The number of hydrogen-bond donors (Lipinski definition) is 0. The third kappa shape index (κ3) is 2.17. The standard InChI is InChI=1S/C14H8Cl2N2O2/c15-8-5-9(17-12(16)6-8)7-18-13(19)10-3-1-2-4-11(10)14(18)20/h1-6H,7H2. The number of benzene rings is 1. The van der Waals surface area contributed by atoms with Gasteiger partial charge in [-0.25, -0.2) is 4.98 Å². The summed E-state index contributed by atoms with van der Waals surface area (Å²) in [6.07, 6.45) is 0. The quantitative estimate of drug-likeness (QED) is 0.632. The lowest BCUT2D eigenvalue weighted by molar-refractivity contribution is 0.0640. The monoisotopic (exact) mass is 306 g/mol. The molecular formula is C14H8Cl2N2O2. The van der Waals surface area contributed by atoms with Crippen LogP contribution in [0.4, 0.5) is 0 Å². The Kier molecular flexibility index (Phi) is 3.20. The molecule has 0 saturated heterocycles. The maximum atomic E-state index is 12.2. The SMILES string of the molecule is O=C1c2ccccc2C(=O)N1Cc1cc(Cl)cc(Cl)n1. The molecule has 1 aliphatic heterocycles. The first-order valence-corrected chi connectivity index (χ1v) is 6.59. The Morgan fingerprint density at radius 2 is 1.60 bits per heavy atom. The van der Waals surface area contributed by atoms with Gasteiger partial charge in [0, 0.05) is 5.02 Å². The Bertz CT molecular complexity index is 676. The molecule has 0 aliphatic carbocycles. The first kappa shape index (κ1) is 13.1. The first-order chi connectivity index (χ1) is 9.56. The fraction of sp³-hybridized carbons (Fsp3) is 0.0714. The molecule has 1 aromatic carbocycles. The third-order valence-corrected chi connectivity index (χ3v) is 3.42. The Hall–Kier alpha value is -1.91. The maximum Gasteiger partial charge on any atom is 0.261 e. The Morgan fingerprint density at radius 3 is 2.15 bits per heavy atom. The van der Waals surface area contributed by atoms with E-state index >= 15 is 0 Å². The minimum atomic E-state index is -0.330. The molecule has 1 aliphatic rings. The molecule has 2 aromatic rings. The summed E-state index contributed by atoms with van der Waals surface area (Å²) in [5.41, 5.74) is 1.29. The van der Waals surface area contributed by atoms with Gasteiger partial charge in [-0.1, -0.05) is 35.3 Å². The second kappa shape index (κ2) is 4.89. The third-order valence-electron chi connectivity index (χ3n) is 3.01. The predicted molar refractivity (Wildman–Crippen MR) is 74.9 cm³/mol. The Morgan fingerprint density at radius 1 is 1.00 bits per heavy atom. The van der Waals surface area contributed by atoms with Gasteiger partial charge in [-0.05, 0) is 24.3 Å². The van der Waals surface area contributed by atoms with E-state index in [1.165, 1.54) is 6.07 Å². The molecule has 0 saturated carbocycles. The molecule has 0 spiro atoms. The van der Waals surface area contributed by atoms with Crippen LogP contribution < -0.4 is 0 Å². The molecule has 0 N–H and O–H groups in total. The van der Waals surface area contributed by atoms with Crippen LogP contribution in [-0.2, 0) is 6.54 Å². The normalized spacial score (nSPS) is 13.8. The van der Waals surface area contributed by atoms with E-state index < -0.39 is 0 Å². The van der Waals surface area contributed by atoms with Gasteiger partial charge >= 0.3 is 0 Å². The molecule has 0 atom stereocenters. The van der Waals surface area contributed by atoms with Crippen LogP contribution in [0.3, 0.4) is 0 Å². The molecule has 0 fully saturated rings. The van der Waals surface area contributed by atoms with Gasteiger partial charge in [0.1, 0.15) is 5.15 Å². The van der Waals surface area contributed by atoms with Crippen molar-refractivity contribution in [3.63, 3.8) is 0 Å². The first-order valence-electron chi connectivity index (χ1n) is 5.83. The Labute approximate surface area is 124 Å². The van der Waals surface area contributed by atoms with Crippen LogP contribution in [0.2, 0.25) is 10.2 Å². The largest absolute Gasteiger partial charge is 0.269 e. The molecule has 6 heteroatoms. The molecule has 3 rings (SSSR count). The highest BCUT2D eigenvalue weighted by Crippen LogP contribution is 2.25. The van der Waals surface area contributed by atoms with Crippen molar-refractivity contribution < 1.29 is 9.59 Å². The number of nitrogens with zero attached hydrogens (tertiary/aromatic N) is 2. The molecule has 0 bridgehead atoms. The van der Waals surface area contributed by atoms with Crippen LogP contribution in [-0.4, -0.2) is 21.7 Å². The number of rotatable bonds is 2. The number of aromatic nitrogens is 1. The highest BCUT2D eigenvalue weighted by molar-refractivity contribution is 6.34. The van der Waals surface area contributed by atoms with Crippen molar-refractivity contribution in [2.75, 3.05) is 0 Å². The molecule has 2 amide bonds. The van der Waals surface area contributed by atoms with Crippen molar-refractivity contribution in [3.8, 4) is 0 Å². The van der Waals surface area contributed by atoms with Crippen molar-refractivity contribution in [2.45, 2.75) is 6.54 Å². The van der Waals surface area contributed by atoms with Gasteiger partial charge in [0.2, 0.25) is 0 Å². The number of imide groups is 1. The lowest BCUT2D eigenvalue weighted by Gasteiger charge is -2.13. The van der Waals surface area contributed by atoms with Crippen LogP contribution in [0.15, 0.2) is 36.4 Å². The van der Waals surface area contributed by atoms with Gasteiger partial charge in [-0.15, -0.1) is 0 Å². The van der Waals surface area contributed by atoms with Gasteiger partial charge in [-0.2, -0.15) is 0 Å². The minimum absolute atomic E-state index is 0.0482. The summed E-state index contributed by atoms with van der Waals surface area (Å²) in [5, 5.41) is 0.640. The number of halogens is 2. The van der Waals surface area contributed by atoms with Crippen LogP contribution in [0, 0.1) is 0 Å². The summed E-state index contributed by atoms with van der Waals surface area (Å²) in [6.45, 7) is 0.0482. The van der Waals surface area contributed by atoms with Crippen molar-refractivity contribution in [1.82, 2.24) is 9.88 Å². The molecule has 0 radical (unpaired) electrons. The fourth-order valence-corrected chi connectivity index (χ4v) is 2.65. The predicted octanol–water partition coefficient (Wildman–Crippen LogP) is 3.18. The van der Waals surface area contributed by atoms with Gasteiger partial charge < -0.3 is 0 Å². The summed E-state index contributed by atoms with van der Waals surface area (Å²) in [4.78, 5) is 29.6. The zero-order chi connectivity index (χ0) is 14.3. The summed E-state index contributed by atoms with van der Waals surface area (Å²) < 4.78 is 0. The van der Waals surface area contributed by atoms with E-state index in [1.807, 2.05) is 0 Å². The Balaban J connectivity index is 1.93. The van der Waals surface area contributed by atoms with Crippen LogP contribution in [0.25, 0.3) is 0 Å². The average molecular weight is 307 g/mol. The van der Waals surface area contributed by atoms with Gasteiger partial charge in [0.25, 0.3) is 11.8 Å². The second-order valence-corrected chi connectivity index (χ2v) is 5.17. The van der Waals surface area contributed by atoms with E-state index in [-0.39, 0.29) is 23.5 Å². The van der Waals surface area contributed by atoms with Gasteiger partial charge in [0.15, 0.2) is 0 Å². The van der Waals surface area contributed by atoms with E-state index in [1.54, 1.807) is 30.3 Å². The number of carbonyl (C=O) groups excluding carboxylic acids is 2. The highest BCUT2D eigenvalue weighted by Gasteiger charge is 2.35.